The number of nitrogens with zero attached hydrogens (tertiary/aromatic N) is 1. The van der Waals surface area contributed by atoms with Gasteiger partial charge in [-0.15, -0.1) is 0 Å². The van der Waals surface area contributed by atoms with E-state index in [2.05, 4.69) is 4.99 Å². The van der Waals surface area contributed by atoms with Crippen molar-refractivity contribution in [2.24, 2.45) is 4.99 Å². The lowest BCUT2D eigenvalue weighted by molar-refractivity contribution is -0.145. The van der Waals surface area contributed by atoms with E-state index in [0.29, 0.717) is 16.9 Å². The van der Waals surface area contributed by atoms with Crippen LogP contribution in [-0.4, -0.2) is 38.2 Å². The summed E-state index contributed by atoms with van der Waals surface area (Å²) >= 11 is 6.35. The van der Waals surface area contributed by atoms with Gasteiger partial charge in [-0.1, -0.05) is 54.1 Å². The zero-order chi connectivity index (χ0) is 24.8. The van der Waals surface area contributed by atoms with E-state index in [1.54, 1.807) is 19.1 Å². The molecular weight excluding hydrogens is 470 g/mol. The molecule has 1 heterocycles. The molecule has 0 radical (unpaired) electrons. The highest BCUT2D eigenvalue weighted by atomic mass is 35.5. The molecule has 0 bridgehead atoms. The second-order valence-electron chi connectivity index (χ2n) is 7.41. The third-order valence-corrected chi connectivity index (χ3v) is 5.34. The summed E-state index contributed by atoms with van der Waals surface area (Å²) in [4.78, 5) is 28.4. The van der Waals surface area contributed by atoms with Crippen LogP contribution in [-0.2, 0) is 19.1 Å². The molecule has 1 aliphatic rings. The molecule has 4 rings (SSSR count). The Morgan fingerprint density at radius 1 is 1.03 bits per heavy atom. The average molecular weight is 492 g/mol. The first-order chi connectivity index (χ1) is 17.0. The van der Waals surface area contributed by atoms with Gasteiger partial charge in [0.25, 0.3) is 0 Å². The number of methoxy groups -OCH3 is 1. The highest BCUT2D eigenvalue weighted by Gasteiger charge is 2.24. The van der Waals surface area contributed by atoms with Crippen LogP contribution >= 0.6 is 11.6 Å². The molecule has 35 heavy (non-hydrogen) atoms. The van der Waals surface area contributed by atoms with Crippen molar-refractivity contribution in [2.45, 2.75) is 6.92 Å². The maximum absolute atomic E-state index is 12.5. The van der Waals surface area contributed by atoms with E-state index in [1.807, 2.05) is 54.6 Å². The van der Waals surface area contributed by atoms with Crippen molar-refractivity contribution < 1.29 is 28.5 Å². The molecule has 0 saturated heterocycles. The predicted octanol–water partition coefficient (Wildman–Crippen LogP) is 5.30. The van der Waals surface area contributed by atoms with Crippen molar-refractivity contribution in [2.75, 3.05) is 20.3 Å². The summed E-state index contributed by atoms with van der Waals surface area (Å²) in [6, 6.07) is 20.8. The molecule has 0 spiro atoms. The maximum atomic E-state index is 12.5. The predicted molar refractivity (Wildman–Crippen MR) is 133 cm³/mol. The van der Waals surface area contributed by atoms with Crippen molar-refractivity contribution in [3.63, 3.8) is 0 Å². The van der Waals surface area contributed by atoms with Gasteiger partial charge in [0.05, 0.1) is 18.7 Å². The lowest BCUT2D eigenvalue weighted by Crippen LogP contribution is -2.15. The Hall–Kier alpha value is -4.10. The number of hydrogen-bond acceptors (Lipinski definition) is 7. The van der Waals surface area contributed by atoms with Crippen molar-refractivity contribution in [1.29, 1.82) is 0 Å². The first-order valence-corrected chi connectivity index (χ1v) is 11.2. The maximum Gasteiger partial charge on any atom is 0.363 e. The van der Waals surface area contributed by atoms with Crippen molar-refractivity contribution in [3.05, 3.63) is 88.6 Å². The number of carbonyl (C=O) groups excluding carboxylic acids is 2. The highest BCUT2D eigenvalue weighted by Crippen LogP contribution is 2.37. The Bertz CT molecular complexity index is 1300. The molecule has 8 heteroatoms. The van der Waals surface area contributed by atoms with Gasteiger partial charge in [0.15, 0.2) is 23.8 Å². The molecule has 0 aromatic heterocycles. The van der Waals surface area contributed by atoms with E-state index in [9.17, 15) is 9.59 Å². The Labute approximate surface area is 207 Å². The van der Waals surface area contributed by atoms with Crippen LogP contribution in [0.2, 0.25) is 5.02 Å². The molecule has 0 atom stereocenters. The summed E-state index contributed by atoms with van der Waals surface area (Å²) in [6.45, 7) is 1.64. The second kappa shape index (κ2) is 10.9. The molecule has 3 aromatic carbocycles. The van der Waals surface area contributed by atoms with Gasteiger partial charge < -0.3 is 18.9 Å². The fourth-order valence-electron chi connectivity index (χ4n) is 3.42. The molecule has 0 aliphatic carbocycles. The number of hydrogen-bond donors (Lipinski definition) is 0. The molecule has 3 aromatic rings. The summed E-state index contributed by atoms with van der Waals surface area (Å²) in [6.07, 6.45) is 1.54. The van der Waals surface area contributed by atoms with Gasteiger partial charge in [-0.25, -0.2) is 14.6 Å². The summed E-state index contributed by atoms with van der Waals surface area (Å²) < 4.78 is 21.0. The van der Waals surface area contributed by atoms with Gasteiger partial charge in [-0.2, -0.15) is 0 Å². The average Bonchev–Trinajstić information content (AvgIpc) is 3.23. The summed E-state index contributed by atoms with van der Waals surface area (Å²) in [5, 5.41) is 0.201. The minimum Gasteiger partial charge on any atom is -0.493 e. The number of carbonyl (C=O) groups is 2. The molecule has 0 N–H and O–H groups in total. The van der Waals surface area contributed by atoms with Crippen molar-refractivity contribution in [1.82, 2.24) is 0 Å². The summed E-state index contributed by atoms with van der Waals surface area (Å²) in [5.41, 5.74) is 3.48. The first kappa shape index (κ1) is 24.0. The fourth-order valence-corrected chi connectivity index (χ4v) is 3.70. The summed E-state index contributed by atoms with van der Waals surface area (Å²) in [7, 11) is 1.44. The van der Waals surface area contributed by atoms with Crippen LogP contribution in [0.4, 0.5) is 0 Å². The Balaban J connectivity index is 1.55. The Kier molecular flexibility index (Phi) is 7.48. The third-order valence-electron chi connectivity index (χ3n) is 5.05. The van der Waals surface area contributed by atoms with E-state index < -0.39 is 11.9 Å². The second-order valence-corrected chi connectivity index (χ2v) is 7.81. The number of ether oxygens (including phenoxy) is 4. The molecule has 7 nitrogen and oxygen atoms in total. The SMILES string of the molecule is CCOC(=O)COc1c(Cl)cc(/C=C2\N=C(c3ccc(-c4ccccc4)cc3)OC2=O)cc1OC. The lowest BCUT2D eigenvalue weighted by Gasteiger charge is -2.12. The van der Waals surface area contributed by atoms with Crippen LogP contribution in [0, 0.1) is 0 Å². The van der Waals surface area contributed by atoms with Gasteiger partial charge >= 0.3 is 11.9 Å². The van der Waals surface area contributed by atoms with Gasteiger partial charge in [-0.05, 0) is 54.0 Å². The van der Waals surface area contributed by atoms with Crippen LogP contribution in [0.5, 0.6) is 11.5 Å². The number of esters is 2. The van der Waals surface area contributed by atoms with Crippen LogP contribution in [0.1, 0.15) is 18.1 Å². The summed E-state index contributed by atoms with van der Waals surface area (Å²) in [5.74, 6) is -0.399. The Morgan fingerprint density at radius 3 is 2.40 bits per heavy atom. The van der Waals surface area contributed by atoms with Crippen LogP contribution in [0.3, 0.4) is 0 Å². The molecule has 0 fully saturated rings. The molecule has 0 saturated carbocycles. The number of benzene rings is 3. The lowest BCUT2D eigenvalue weighted by atomic mass is 10.0. The van der Waals surface area contributed by atoms with E-state index in [4.69, 9.17) is 30.5 Å². The largest absolute Gasteiger partial charge is 0.493 e. The van der Waals surface area contributed by atoms with Crippen LogP contribution in [0.25, 0.3) is 17.2 Å². The minimum absolute atomic E-state index is 0.116. The fraction of sp³-hybridized carbons (Fsp3) is 0.148. The third kappa shape index (κ3) is 5.70. The molecule has 0 amide bonds. The smallest absolute Gasteiger partial charge is 0.363 e. The zero-order valence-corrected chi connectivity index (χ0v) is 19.9. The Morgan fingerprint density at radius 2 is 1.71 bits per heavy atom. The molecular formula is C27H22ClNO6. The molecule has 1 aliphatic heterocycles. The number of rotatable bonds is 8. The van der Waals surface area contributed by atoms with Crippen LogP contribution < -0.4 is 9.47 Å². The highest BCUT2D eigenvalue weighted by molar-refractivity contribution is 6.32. The van der Waals surface area contributed by atoms with Gasteiger partial charge in [0.2, 0.25) is 5.90 Å². The van der Waals surface area contributed by atoms with E-state index >= 15 is 0 Å². The standard InChI is InChI=1S/C27H22ClNO6/c1-3-33-24(30)16-34-25-21(28)13-17(15-23(25)32-2)14-22-27(31)35-26(29-22)20-11-9-19(10-12-20)18-7-5-4-6-8-18/h4-15H,3,16H2,1-2H3/b22-14-. The molecule has 0 unspecified atom stereocenters. The van der Waals surface area contributed by atoms with Gasteiger partial charge in [0, 0.05) is 5.56 Å². The number of aliphatic imine (C=N–C) groups is 1. The van der Waals surface area contributed by atoms with Gasteiger partial charge in [-0.3, -0.25) is 0 Å². The monoisotopic (exact) mass is 491 g/mol. The normalized spacial score (nSPS) is 13.9. The number of halogens is 1. The zero-order valence-electron chi connectivity index (χ0n) is 19.1. The number of cyclic esters (lactones) is 1. The topological polar surface area (TPSA) is 83.4 Å². The van der Waals surface area contributed by atoms with E-state index in [0.717, 1.165) is 11.1 Å². The van der Waals surface area contributed by atoms with Gasteiger partial charge in [0.1, 0.15) is 0 Å². The van der Waals surface area contributed by atoms with Crippen molar-refractivity contribution in [3.8, 4) is 22.6 Å². The molecule has 178 valence electrons. The van der Waals surface area contributed by atoms with E-state index in [1.165, 1.54) is 13.2 Å². The minimum atomic E-state index is -0.579. The first-order valence-electron chi connectivity index (χ1n) is 10.8. The quantitative estimate of drug-likeness (QED) is 0.314. The van der Waals surface area contributed by atoms with Crippen molar-refractivity contribution >= 4 is 35.5 Å². The van der Waals surface area contributed by atoms with E-state index in [-0.39, 0.29) is 35.6 Å². The van der Waals surface area contributed by atoms with Crippen LogP contribution in [0.15, 0.2) is 77.4 Å².